The van der Waals surface area contributed by atoms with Crippen molar-refractivity contribution in [3.05, 3.63) is 87.8 Å². The molecule has 0 aliphatic rings. The summed E-state index contributed by atoms with van der Waals surface area (Å²) in [6, 6.07) is 13.4. The number of aryl methyl sites for hydroxylation is 1. The van der Waals surface area contributed by atoms with Gasteiger partial charge in [-0.1, -0.05) is 30.0 Å². The Hall–Kier alpha value is -3.46. The second-order valence-corrected chi connectivity index (χ2v) is 7.82. The van der Waals surface area contributed by atoms with Crippen LogP contribution in [0.15, 0.2) is 64.5 Å². The summed E-state index contributed by atoms with van der Waals surface area (Å²) in [5.74, 6) is -1.19. The molecule has 9 heteroatoms. The molecule has 2 aromatic carbocycles. The SMILES string of the molecule is Cc1cc2nc(SCC(=O)NCc3ccccc3F)n(-c3ccc(F)cc3)c(=O)c2[nH]1. The largest absolute Gasteiger partial charge is 0.353 e. The molecule has 158 valence electrons. The standard InChI is InChI=1S/C22H18F2N4O2S/c1-13-10-18-20(26-13)21(30)28(16-8-6-15(23)7-9-16)22(27-18)31-12-19(29)25-11-14-4-2-3-5-17(14)24/h2-10,26H,11-12H2,1H3,(H,25,29). The van der Waals surface area contributed by atoms with Crippen molar-refractivity contribution in [2.24, 2.45) is 0 Å². The first-order chi connectivity index (χ1) is 14.9. The van der Waals surface area contributed by atoms with Crippen molar-refractivity contribution in [2.45, 2.75) is 18.6 Å². The smallest absolute Gasteiger partial charge is 0.283 e. The van der Waals surface area contributed by atoms with Gasteiger partial charge in [-0.3, -0.25) is 14.2 Å². The minimum absolute atomic E-state index is 0.0308. The minimum Gasteiger partial charge on any atom is -0.353 e. The molecular formula is C22H18F2N4O2S. The topological polar surface area (TPSA) is 79.8 Å². The van der Waals surface area contributed by atoms with Crippen molar-refractivity contribution in [3.63, 3.8) is 0 Å². The second-order valence-electron chi connectivity index (χ2n) is 6.88. The quantitative estimate of drug-likeness (QED) is 0.354. The molecule has 6 nitrogen and oxygen atoms in total. The van der Waals surface area contributed by atoms with E-state index in [2.05, 4.69) is 15.3 Å². The molecule has 0 spiro atoms. The number of nitrogens with one attached hydrogen (secondary N) is 2. The summed E-state index contributed by atoms with van der Waals surface area (Å²) in [5.41, 5.74) is 2.05. The van der Waals surface area contributed by atoms with E-state index in [1.807, 2.05) is 6.92 Å². The van der Waals surface area contributed by atoms with Crippen LogP contribution in [0.3, 0.4) is 0 Å². The zero-order valence-corrected chi connectivity index (χ0v) is 17.3. The van der Waals surface area contributed by atoms with E-state index >= 15 is 0 Å². The van der Waals surface area contributed by atoms with Gasteiger partial charge in [0.25, 0.3) is 5.56 Å². The predicted molar refractivity (Wildman–Crippen MR) is 115 cm³/mol. The summed E-state index contributed by atoms with van der Waals surface area (Å²) in [5, 5.41) is 2.96. The summed E-state index contributed by atoms with van der Waals surface area (Å²) >= 11 is 1.07. The fraction of sp³-hybridized carbons (Fsp3) is 0.136. The number of benzene rings is 2. The summed E-state index contributed by atoms with van der Waals surface area (Å²) < 4.78 is 28.4. The molecule has 31 heavy (non-hydrogen) atoms. The maximum atomic E-state index is 13.7. The zero-order valence-electron chi connectivity index (χ0n) is 16.5. The number of hydrogen-bond donors (Lipinski definition) is 2. The molecule has 4 rings (SSSR count). The van der Waals surface area contributed by atoms with Crippen molar-refractivity contribution >= 4 is 28.7 Å². The Morgan fingerprint density at radius 1 is 1.16 bits per heavy atom. The van der Waals surface area contributed by atoms with Gasteiger partial charge in [0.15, 0.2) is 5.16 Å². The van der Waals surface area contributed by atoms with E-state index in [0.717, 1.165) is 17.5 Å². The van der Waals surface area contributed by atoms with E-state index in [1.165, 1.54) is 34.9 Å². The van der Waals surface area contributed by atoms with Gasteiger partial charge in [0, 0.05) is 17.8 Å². The molecule has 0 aliphatic carbocycles. The van der Waals surface area contributed by atoms with Crippen molar-refractivity contribution in [3.8, 4) is 5.69 Å². The van der Waals surface area contributed by atoms with Gasteiger partial charge in [-0.25, -0.2) is 13.8 Å². The van der Waals surface area contributed by atoms with E-state index in [0.29, 0.717) is 27.4 Å². The predicted octanol–water partition coefficient (Wildman–Crippen LogP) is 3.71. The van der Waals surface area contributed by atoms with Crippen LogP contribution in [0.5, 0.6) is 0 Å². The van der Waals surface area contributed by atoms with Crippen molar-refractivity contribution in [1.29, 1.82) is 0 Å². The highest BCUT2D eigenvalue weighted by atomic mass is 32.2. The molecule has 2 heterocycles. The lowest BCUT2D eigenvalue weighted by Crippen LogP contribution is -2.26. The molecule has 0 saturated carbocycles. The van der Waals surface area contributed by atoms with Crippen LogP contribution < -0.4 is 10.9 Å². The lowest BCUT2D eigenvalue weighted by atomic mass is 10.2. The van der Waals surface area contributed by atoms with Crippen LogP contribution in [0.1, 0.15) is 11.3 Å². The summed E-state index contributed by atoms with van der Waals surface area (Å²) in [4.78, 5) is 32.9. The Morgan fingerprint density at radius 3 is 2.65 bits per heavy atom. The molecule has 0 bridgehead atoms. The normalized spacial score (nSPS) is 11.1. The number of rotatable bonds is 6. The molecule has 0 atom stereocenters. The van der Waals surface area contributed by atoms with Crippen LogP contribution >= 0.6 is 11.8 Å². The highest BCUT2D eigenvalue weighted by molar-refractivity contribution is 7.99. The van der Waals surface area contributed by atoms with E-state index in [-0.39, 0.29) is 23.8 Å². The molecule has 2 aromatic heterocycles. The number of carbonyl (C=O) groups is 1. The van der Waals surface area contributed by atoms with Gasteiger partial charge in [-0.15, -0.1) is 0 Å². The number of hydrogen-bond acceptors (Lipinski definition) is 4. The molecule has 4 aromatic rings. The third-order valence-corrected chi connectivity index (χ3v) is 5.55. The maximum absolute atomic E-state index is 13.7. The van der Waals surface area contributed by atoms with Crippen molar-refractivity contribution in [1.82, 2.24) is 19.9 Å². The second kappa shape index (κ2) is 8.73. The Labute approximate surface area is 180 Å². The van der Waals surface area contributed by atoms with Crippen LogP contribution in [0, 0.1) is 18.6 Å². The Bertz CT molecular complexity index is 1320. The third-order valence-electron chi connectivity index (χ3n) is 4.61. The first-order valence-corrected chi connectivity index (χ1v) is 10.4. The van der Waals surface area contributed by atoms with E-state index < -0.39 is 11.6 Å². The first kappa shape index (κ1) is 20.8. The maximum Gasteiger partial charge on any atom is 0.283 e. The average molecular weight is 440 g/mol. The summed E-state index contributed by atoms with van der Waals surface area (Å²) in [7, 11) is 0. The molecule has 0 unspecified atom stereocenters. The van der Waals surface area contributed by atoms with Gasteiger partial charge >= 0.3 is 0 Å². The molecule has 1 amide bonds. The fourth-order valence-corrected chi connectivity index (χ4v) is 3.95. The zero-order chi connectivity index (χ0) is 22.0. The molecule has 2 N–H and O–H groups in total. The van der Waals surface area contributed by atoms with Crippen molar-refractivity contribution < 1.29 is 13.6 Å². The lowest BCUT2D eigenvalue weighted by molar-refractivity contribution is -0.118. The third kappa shape index (κ3) is 4.51. The van der Waals surface area contributed by atoms with E-state index in [1.54, 1.807) is 24.3 Å². The van der Waals surface area contributed by atoms with Crippen LogP contribution in [0.4, 0.5) is 8.78 Å². The van der Waals surface area contributed by atoms with Gasteiger partial charge in [0.05, 0.1) is 17.0 Å². The number of nitrogens with zero attached hydrogens (tertiary/aromatic N) is 2. The first-order valence-electron chi connectivity index (χ1n) is 9.43. The van der Waals surface area contributed by atoms with E-state index in [9.17, 15) is 18.4 Å². The molecule has 0 fully saturated rings. The number of thioether (sulfide) groups is 1. The summed E-state index contributed by atoms with van der Waals surface area (Å²) in [6.07, 6.45) is 0. The van der Waals surface area contributed by atoms with Crippen LogP contribution in [0.2, 0.25) is 0 Å². The van der Waals surface area contributed by atoms with Gasteiger partial charge in [-0.05, 0) is 43.3 Å². The Morgan fingerprint density at radius 2 is 1.90 bits per heavy atom. The molecular weight excluding hydrogens is 422 g/mol. The number of halogens is 2. The van der Waals surface area contributed by atoms with Gasteiger partial charge in [0.1, 0.15) is 17.2 Å². The molecule has 0 radical (unpaired) electrons. The number of aromatic amines is 1. The highest BCUT2D eigenvalue weighted by Crippen LogP contribution is 2.22. The lowest BCUT2D eigenvalue weighted by Gasteiger charge is -2.12. The number of fused-ring (bicyclic) bond motifs is 1. The number of amides is 1. The fourth-order valence-electron chi connectivity index (χ4n) is 3.11. The average Bonchev–Trinajstić information content (AvgIpc) is 3.13. The summed E-state index contributed by atoms with van der Waals surface area (Å²) in [6.45, 7) is 1.87. The van der Waals surface area contributed by atoms with Gasteiger partial charge < -0.3 is 10.3 Å². The van der Waals surface area contributed by atoms with Crippen LogP contribution in [0.25, 0.3) is 16.7 Å². The Kier molecular flexibility index (Phi) is 5.85. The number of H-pyrrole nitrogens is 1. The monoisotopic (exact) mass is 440 g/mol. The van der Waals surface area contributed by atoms with Crippen molar-refractivity contribution in [2.75, 3.05) is 5.75 Å². The van der Waals surface area contributed by atoms with Gasteiger partial charge in [-0.2, -0.15) is 0 Å². The molecule has 0 aliphatic heterocycles. The van der Waals surface area contributed by atoms with Gasteiger partial charge in [0.2, 0.25) is 5.91 Å². The Balaban J connectivity index is 1.59. The number of aromatic nitrogens is 3. The number of carbonyl (C=O) groups excluding carboxylic acids is 1. The molecule has 0 saturated heterocycles. The van der Waals surface area contributed by atoms with Crippen LogP contribution in [-0.4, -0.2) is 26.2 Å². The minimum atomic E-state index is -0.428. The highest BCUT2D eigenvalue weighted by Gasteiger charge is 2.16. The van der Waals surface area contributed by atoms with Crippen LogP contribution in [-0.2, 0) is 11.3 Å². The van der Waals surface area contributed by atoms with E-state index in [4.69, 9.17) is 0 Å².